The Kier molecular flexibility index (Phi) is 5.85. The zero-order valence-electron chi connectivity index (χ0n) is 14.8. The van der Waals surface area contributed by atoms with Gasteiger partial charge in [-0.1, -0.05) is 18.2 Å². The van der Waals surface area contributed by atoms with Crippen LogP contribution >= 0.6 is 0 Å². The van der Waals surface area contributed by atoms with Gasteiger partial charge < -0.3 is 0 Å². The Balaban J connectivity index is 1.72. The molecule has 0 amide bonds. The first kappa shape index (κ1) is 20.7. The third-order valence-corrected chi connectivity index (χ3v) is 6.47. The SMILES string of the molecule is O=S(=O)(Cc1ccccc1F)Nc1ccc(S(=O)(=O)Nc2ccc(F)cc2)cc1. The van der Waals surface area contributed by atoms with E-state index in [0.29, 0.717) is 0 Å². The van der Waals surface area contributed by atoms with Gasteiger partial charge in [0.15, 0.2) is 0 Å². The highest BCUT2D eigenvalue weighted by molar-refractivity contribution is 7.92. The summed E-state index contributed by atoms with van der Waals surface area (Å²) in [5, 5.41) is 0. The van der Waals surface area contributed by atoms with E-state index in [4.69, 9.17) is 0 Å². The molecule has 3 aromatic carbocycles. The molecule has 3 aromatic rings. The Morgan fingerprint density at radius 1 is 0.690 bits per heavy atom. The minimum absolute atomic E-state index is 0.0164. The Labute approximate surface area is 167 Å². The molecule has 0 saturated heterocycles. The molecule has 3 rings (SSSR count). The fourth-order valence-corrected chi connectivity index (χ4v) is 4.74. The molecule has 0 aliphatic rings. The number of halogens is 2. The lowest BCUT2D eigenvalue weighted by Gasteiger charge is -2.11. The minimum Gasteiger partial charge on any atom is -0.283 e. The van der Waals surface area contributed by atoms with Gasteiger partial charge in [0.2, 0.25) is 10.0 Å². The number of rotatable bonds is 7. The van der Waals surface area contributed by atoms with Crippen LogP contribution in [-0.4, -0.2) is 16.8 Å². The first-order chi connectivity index (χ1) is 13.6. The molecule has 0 aromatic heterocycles. The lowest BCUT2D eigenvalue weighted by molar-refractivity contribution is 0.591. The van der Waals surface area contributed by atoms with Crippen molar-refractivity contribution in [3.63, 3.8) is 0 Å². The molecule has 0 fully saturated rings. The Hall–Kier alpha value is -2.98. The van der Waals surface area contributed by atoms with E-state index >= 15 is 0 Å². The number of hydrogen-bond donors (Lipinski definition) is 2. The number of sulfonamides is 2. The van der Waals surface area contributed by atoms with Crippen LogP contribution in [0.15, 0.2) is 77.7 Å². The number of nitrogens with one attached hydrogen (secondary N) is 2. The summed E-state index contributed by atoms with van der Waals surface area (Å²) >= 11 is 0. The highest BCUT2D eigenvalue weighted by Gasteiger charge is 2.17. The van der Waals surface area contributed by atoms with Crippen LogP contribution in [-0.2, 0) is 25.8 Å². The second-order valence-electron chi connectivity index (χ2n) is 6.09. The predicted octanol–water partition coefficient (Wildman–Crippen LogP) is 3.71. The Bertz CT molecular complexity index is 1210. The van der Waals surface area contributed by atoms with Crippen LogP contribution in [0.1, 0.15) is 5.56 Å². The summed E-state index contributed by atoms with van der Waals surface area (Å²) in [6, 6.07) is 15.3. The zero-order valence-corrected chi connectivity index (χ0v) is 16.5. The molecular formula is C19H16F2N2O4S2. The van der Waals surface area contributed by atoms with Gasteiger partial charge in [-0.2, -0.15) is 0 Å². The minimum atomic E-state index is -3.94. The maximum Gasteiger partial charge on any atom is 0.261 e. The van der Waals surface area contributed by atoms with Gasteiger partial charge in [-0.3, -0.25) is 9.44 Å². The zero-order chi connectivity index (χ0) is 21.1. The fraction of sp³-hybridized carbons (Fsp3) is 0.0526. The molecule has 0 unspecified atom stereocenters. The summed E-state index contributed by atoms with van der Waals surface area (Å²) in [4.78, 5) is -0.112. The van der Waals surface area contributed by atoms with Crippen molar-refractivity contribution < 1.29 is 25.6 Å². The van der Waals surface area contributed by atoms with Crippen LogP contribution in [0.25, 0.3) is 0 Å². The first-order valence-electron chi connectivity index (χ1n) is 8.27. The van der Waals surface area contributed by atoms with Crippen LogP contribution in [0, 0.1) is 11.6 Å². The number of anilines is 2. The topological polar surface area (TPSA) is 92.3 Å². The quantitative estimate of drug-likeness (QED) is 0.588. The smallest absolute Gasteiger partial charge is 0.261 e. The van der Waals surface area contributed by atoms with Crippen LogP contribution in [0.5, 0.6) is 0 Å². The Morgan fingerprint density at radius 2 is 1.24 bits per heavy atom. The third-order valence-electron chi connectivity index (χ3n) is 3.84. The summed E-state index contributed by atoms with van der Waals surface area (Å²) in [5.41, 5.74) is 0.325. The summed E-state index contributed by atoms with van der Waals surface area (Å²) in [6.07, 6.45) is 0. The van der Waals surface area contributed by atoms with Gasteiger partial charge in [0.25, 0.3) is 10.0 Å². The molecule has 0 aliphatic heterocycles. The molecule has 6 nitrogen and oxygen atoms in total. The van der Waals surface area contributed by atoms with E-state index in [1.807, 2.05) is 0 Å². The number of hydrogen-bond acceptors (Lipinski definition) is 4. The molecule has 0 aliphatic carbocycles. The summed E-state index contributed by atoms with van der Waals surface area (Å²) in [6.45, 7) is 0. The summed E-state index contributed by atoms with van der Waals surface area (Å²) < 4.78 is 80.4. The van der Waals surface area contributed by atoms with E-state index < -0.39 is 37.4 Å². The van der Waals surface area contributed by atoms with Crippen LogP contribution < -0.4 is 9.44 Å². The number of benzene rings is 3. The third kappa shape index (κ3) is 5.52. The predicted molar refractivity (Wildman–Crippen MR) is 106 cm³/mol. The van der Waals surface area contributed by atoms with Gasteiger partial charge in [-0.25, -0.2) is 25.6 Å². The van der Waals surface area contributed by atoms with Crippen LogP contribution in [0.3, 0.4) is 0 Å². The average molecular weight is 438 g/mol. The fourth-order valence-electron chi connectivity index (χ4n) is 2.47. The van der Waals surface area contributed by atoms with E-state index in [-0.39, 0.29) is 21.8 Å². The first-order valence-corrected chi connectivity index (χ1v) is 11.4. The van der Waals surface area contributed by atoms with Crippen molar-refractivity contribution in [3.05, 3.63) is 90.0 Å². The molecule has 0 saturated carbocycles. The largest absolute Gasteiger partial charge is 0.283 e. The van der Waals surface area contributed by atoms with E-state index in [0.717, 1.165) is 12.1 Å². The van der Waals surface area contributed by atoms with Gasteiger partial charge >= 0.3 is 0 Å². The van der Waals surface area contributed by atoms with Gasteiger partial charge in [0.1, 0.15) is 11.6 Å². The summed E-state index contributed by atoms with van der Waals surface area (Å²) in [7, 11) is -7.84. The molecule has 0 bridgehead atoms. The van der Waals surface area contributed by atoms with Crippen molar-refractivity contribution in [2.24, 2.45) is 0 Å². The highest BCUT2D eigenvalue weighted by Crippen LogP contribution is 2.20. The molecule has 0 atom stereocenters. The molecule has 152 valence electrons. The monoisotopic (exact) mass is 438 g/mol. The summed E-state index contributed by atoms with van der Waals surface area (Å²) in [5.74, 6) is -1.70. The van der Waals surface area contributed by atoms with Gasteiger partial charge in [0, 0.05) is 16.9 Å². The molecule has 0 spiro atoms. The second kappa shape index (κ2) is 8.18. The van der Waals surface area contributed by atoms with Crippen LogP contribution in [0.4, 0.5) is 20.2 Å². The standard InChI is InChI=1S/C19H16F2N2O4S2/c20-15-5-7-17(8-6-15)23-29(26,27)18-11-9-16(10-12-18)22-28(24,25)13-14-3-1-2-4-19(14)21/h1-12,22-23H,13H2. The van der Waals surface area contributed by atoms with Crippen molar-refractivity contribution in [2.75, 3.05) is 9.44 Å². The van der Waals surface area contributed by atoms with E-state index in [1.165, 1.54) is 60.7 Å². The lowest BCUT2D eigenvalue weighted by atomic mass is 10.2. The molecule has 0 heterocycles. The molecule has 29 heavy (non-hydrogen) atoms. The second-order valence-corrected chi connectivity index (χ2v) is 9.49. The van der Waals surface area contributed by atoms with Crippen LogP contribution in [0.2, 0.25) is 0 Å². The molecule has 10 heteroatoms. The van der Waals surface area contributed by atoms with Crippen molar-refractivity contribution in [3.8, 4) is 0 Å². The normalized spacial score (nSPS) is 11.8. The maximum atomic E-state index is 13.7. The maximum absolute atomic E-state index is 13.7. The Morgan fingerprint density at radius 3 is 1.86 bits per heavy atom. The van der Waals surface area contributed by atoms with E-state index in [1.54, 1.807) is 0 Å². The van der Waals surface area contributed by atoms with Gasteiger partial charge in [0.05, 0.1) is 10.6 Å². The van der Waals surface area contributed by atoms with E-state index in [9.17, 15) is 25.6 Å². The van der Waals surface area contributed by atoms with E-state index in [2.05, 4.69) is 9.44 Å². The van der Waals surface area contributed by atoms with Crippen molar-refractivity contribution in [1.29, 1.82) is 0 Å². The van der Waals surface area contributed by atoms with Gasteiger partial charge in [-0.15, -0.1) is 0 Å². The molecule has 0 radical (unpaired) electrons. The van der Waals surface area contributed by atoms with Gasteiger partial charge in [-0.05, 0) is 54.6 Å². The highest BCUT2D eigenvalue weighted by atomic mass is 32.2. The van der Waals surface area contributed by atoms with Crippen molar-refractivity contribution >= 4 is 31.4 Å². The van der Waals surface area contributed by atoms with Crippen molar-refractivity contribution in [2.45, 2.75) is 10.6 Å². The molecular weight excluding hydrogens is 422 g/mol. The molecule has 2 N–H and O–H groups in total. The lowest BCUT2D eigenvalue weighted by Crippen LogP contribution is -2.16. The van der Waals surface area contributed by atoms with Crippen molar-refractivity contribution in [1.82, 2.24) is 0 Å². The average Bonchev–Trinajstić information content (AvgIpc) is 2.65.